The molecule has 0 aliphatic carbocycles. The van der Waals surface area contributed by atoms with Crippen LogP contribution in [0.15, 0.2) is 41.6 Å². The molecule has 1 heterocycles. The van der Waals surface area contributed by atoms with Crippen molar-refractivity contribution in [3.05, 3.63) is 47.8 Å². The van der Waals surface area contributed by atoms with Crippen molar-refractivity contribution in [3.63, 3.8) is 0 Å². The van der Waals surface area contributed by atoms with Crippen LogP contribution in [0, 0.1) is 6.92 Å². The number of nitrogens with zero attached hydrogens (tertiary/aromatic N) is 1. The van der Waals surface area contributed by atoms with E-state index in [9.17, 15) is 8.42 Å². The fourth-order valence-electron chi connectivity index (χ4n) is 2.01. The third kappa shape index (κ3) is 3.55. The first kappa shape index (κ1) is 16.3. The van der Waals surface area contributed by atoms with Crippen molar-refractivity contribution in [3.8, 4) is 11.5 Å². The highest BCUT2D eigenvalue weighted by Crippen LogP contribution is 2.32. The molecule has 118 valence electrons. The van der Waals surface area contributed by atoms with Crippen LogP contribution in [0.3, 0.4) is 0 Å². The number of benzene rings is 1. The van der Waals surface area contributed by atoms with Crippen molar-refractivity contribution < 1.29 is 17.9 Å². The molecular weight excluding hydrogens is 304 g/mol. The van der Waals surface area contributed by atoms with Gasteiger partial charge in [-0.2, -0.15) is 0 Å². The smallest absolute Gasteiger partial charge is 0.241 e. The molecule has 0 aliphatic heterocycles. The summed E-state index contributed by atoms with van der Waals surface area (Å²) in [5.74, 6) is 0.862. The van der Waals surface area contributed by atoms with Gasteiger partial charge in [0.1, 0.15) is 0 Å². The van der Waals surface area contributed by atoms with Gasteiger partial charge in [0.15, 0.2) is 11.5 Å². The lowest BCUT2D eigenvalue weighted by molar-refractivity contribution is 0.353. The maximum Gasteiger partial charge on any atom is 0.241 e. The molecule has 1 aromatic heterocycles. The highest BCUT2D eigenvalue weighted by Gasteiger charge is 2.20. The molecule has 2 rings (SSSR count). The number of ether oxygens (including phenoxy) is 2. The summed E-state index contributed by atoms with van der Waals surface area (Å²) >= 11 is 0. The molecule has 22 heavy (non-hydrogen) atoms. The van der Waals surface area contributed by atoms with Gasteiger partial charge >= 0.3 is 0 Å². The normalized spacial score (nSPS) is 11.2. The summed E-state index contributed by atoms with van der Waals surface area (Å²) in [6.45, 7) is 1.88. The van der Waals surface area contributed by atoms with Gasteiger partial charge in [0.25, 0.3) is 0 Å². The highest BCUT2D eigenvalue weighted by molar-refractivity contribution is 7.89. The number of rotatable bonds is 6. The average molecular weight is 322 g/mol. The van der Waals surface area contributed by atoms with E-state index in [1.165, 1.54) is 20.3 Å². The summed E-state index contributed by atoms with van der Waals surface area (Å²) in [6.07, 6.45) is 3.25. The number of nitrogens with one attached hydrogen (secondary N) is 1. The summed E-state index contributed by atoms with van der Waals surface area (Å²) in [7, 11) is -0.689. The monoisotopic (exact) mass is 322 g/mol. The highest BCUT2D eigenvalue weighted by atomic mass is 32.2. The number of hydrogen-bond donors (Lipinski definition) is 1. The van der Waals surface area contributed by atoms with Crippen molar-refractivity contribution >= 4 is 10.0 Å². The van der Waals surface area contributed by atoms with Crippen LogP contribution in [0.2, 0.25) is 0 Å². The van der Waals surface area contributed by atoms with Crippen LogP contribution in [0.25, 0.3) is 0 Å². The van der Waals surface area contributed by atoms with Gasteiger partial charge in [-0.15, -0.1) is 0 Å². The standard InChI is InChI=1S/C15H18N2O4S/c1-11-7-13(20-2)14(21-3)8-15(11)22(18,19)17-10-12-5-4-6-16-9-12/h4-9,17H,10H2,1-3H3. The molecule has 1 aromatic carbocycles. The van der Waals surface area contributed by atoms with E-state index in [-0.39, 0.29) is 11.4 Å². The Morgan fingerprint density at radius 3 is 2.45 bits per heavy atom. The molecule has 6 nitrogen and oxygen atoms in total. The predicted octanol–water partition coefficient (Wildman–Crippen LogP) is 1.89. The van der Waals surface area contributed by atoms with E-state index in [1.807, 2.05) is 0 Å². The van der Waals surface area contributed by atoms with Crippen LogP contribution in [-0.2, 0) is 16.6 Å². The quantitative estimate of drug-likeness (QED) is 0.879. The molecule has 0 radical (unpaired) electrons. The second-order valence-electron chi connectivity index (χ2n) is 4.66. The van der Waals surface area contributed by atoms with Crippen LogP contribution in [-0.4, -0.2) is 27.6 Å². The second-order valence-corrected chi connectivity index (χ2v) is 6.39. The summed E-state index contributed by atoms with van der Waals surface area (Å²) in [4.78, 5) is 4.12. The van der Waals surface area contributed by atoms with E-state index in [0.717, 1.165) is 5.56 Å². The van der Waals surface area contributed by atoms with Crippen molar-refractivity contribution in [2.24, 2.45) is 0 Å². The summed E-state index contributed by atoms with van der Waals surface area (Å²) in [5.41, 5.74) is 1.36. The zero-order chi connectivity index (χ0) is 16.2. The third-order valence-electron chi connectivity index (χ3n) is 3.16. The number of sulfonamides is 1. The van der Waals surface area contributed by atoms with Gasteiger partial charge < -0.3 is 9.47 Å². The van der Waals surface area contributed by atoms with Crippen molar-refractivity contribution in [2.45, 2.75) is 18.4 Å². The van der Waals surface area contributed by atoms with E-state index < -0.39 is 10.0 Å². The molecule has 0 bridgehead atoms. The molecule has 1 N–H and O–H groups in total. The third-order valence-corrected chi connectivity index (χ3v) is 4.70. The minimum absolute atomic E-state index is 0.161. The molecule has 0 aliphatic rings. The molecule has 0 saturated carbocycles. The Morgan fingerprint density at radius 1 is 1.18 bits per heavy atom. The number of methoxy groups -OCH3 is 2. The maximum atomic E-state index is 12.5. The number of aromatic nitrogens is 1. The molecule has 7 heteroatoms. The number of aryl methyl sites for hydroxylation is 1. The van der Waals surface area contributed by atoms with Gasteiger partial charge in [-0.3, -0.25) is 4.98 Å². The van der Waals surface area contributed by atoms with Gasteiger partial charge in [0, 0.05) is 25.0 Å². The Bertz CT molecular complexity index is 746. The molecule has 0 fully saturated rings. The fraction of sp³-hybridized carbons (Fsp3) is 0.267. The van der Waals surface area contributed by atoms with Crippen LogP contribution in [0.4, 0.5) is 0 Å². The van der Waals surface area contributed by atoms with Crippen LogP contribution in [0.1, 0.15) is 11.1 Å². The average Bonchev–Trinajstić information content (AvgIpc) is 2.53. The van der Waals surface area contributed by atoms with E-state index >= 15 is 0 Å². The SMILES string of the molecule is COc1cc(C)c(S(=O)(=O)NCc2cccnc2)cc1OC. The van der Waals surface area contributed by atoms with Gasteiger partial charge in [0.05, 0.1) is 19.1 Å². The van der Waals surface area contributed by atoms with Crippen molar-refractivity contribution in [1.82, 2.24) is 9.71 Å². The summed E-state index contributed by atoms with van der Waals surface area (Å²) in [6, 6.07) is 6.65. The van der Waals surface area contributed by atoms with Crippen LogP contribution < -0.4 is 14.2 Å². The Morgan fingerprint density at radius 2 is 1.86 bits per heavy atom. The Balaban J connectivity index is 2.29. The van der Waals surface area contributed by atoms with Gasteiger partial charge in [-0.25, -0.2) is 13.1 Å². The Labute approximate surface area is 130 Å². The molecular formula is C15H18N2O4S. The molecule has 0 unspecified atom stereocenters. The molecule has 2 aromatic rings. The van der Waals surface area contributed by atoms with E-state index in [2.05, 4.69) is 9.71 Å². The van der Waals surface area contributed by atoms with Crippen LogP contribution in [0.5, 0.6) is 11.5 Å². The maximum absolute atomic E-state index is 12.5. The van der Waals surface area contributed by atoms with Crippen molar-refractivity contribution in [1.29, 1.82) is 0 Å². The summed E-state index contributed by atoms with van der Waals surface area (Å²) in [5, 5.41) is 0. The lowest BCUT2D eigenvalue weighted by Crippen LogP contribution is -2.24. The van der Waals surface area contributed by atoms with Crippen LogP contribution >= 0.6 is 0 Å². The van der Waals surface area contributed by atoms with Gasteiger partial charge in [0.2, 0.25) is 10.0 Å². The van der Waals surface area contributed by atoms with E-state index in [0.29, 0.717) is 17.1 Å². The van der Waals surface area contributed by atoms with Crippen molar-refractivity contribution in [2.75, 3.05) is 14.2 Å². The Hall–Kier alpha value is -2.12. The van der Waals surface area contributed by atoms with Gasteiger partial charge in [-0.1, -0.05) is 6.07 Å². The van der Waals surface area contributed by atoms with Gasteiger partial charge in [-0.05, 0) is 30.2 Å². The summed E-state index contributed by atoms with van der Waals surface area (Å²) < 4.78 is 37.8. The molecule has 0 amide bonds. The molecule has 0 atom stereocenters. The molecule has 0 saturated heterocycles. The lowest BCUT2D eigenvalue weighted by Gasteiger charge is -2.13. The first-order valence-corrected chi connectivity index (χ1v) is 8.07. The lowest BCUT2D eigenvalue weighted by atomic mass is 10.2. The zero-order valence-electron chi connectivity index (χ0n) is 12.7. The largest absolute Gasteiger partial charge is 0.493 e. The number of hydrogen-bond acceptors (Lipinski definition) is 5. The second kappa shape index (κ2) is 6.76. The van der Waals surface area contributed by atoms with E-state index in [4.69, 9.17) is 9.47 Å². The first-order chi connectivity index (χ1) is 10.5. The minimum Gasteiger partial charge on any atom is -0.493 e. The zero-order valence-corrected chi connectivity index (χ0v) is 13.5. The predicted molar refractivity (Wildman–Crippen MR) is 82.5 cm³/mol. The van der Waals surface area contributed by atoms with E-state index in [1.54, 1.807) is 37.5 Å². The first-order valence-electron chi connectivity index (χ1n) is 6.59. The topological polar surface area (TPSA) is 77.5 Å². The fourth-order valence-corrected chi connectivity index (χ4v) is 3.27. The minimum atomic E-state index is -3.66. The number of pyridine rings is 1. The Kier molecular flexibility index (Phi) is 4.99. The molecule has 0 spiro atoms.